The van der Waals surface area contributed by atoms with Crippen LogP contribution in [0, 0.1) is 0 Å². The Labute approximate surface area is 141 Å². The van der Waals surface area contributed by atoms with Crippen LogP contribution in [0.25, 0.3) is 0 Å². The second kappa shape index (κ2) is 6.53. The first-order valence-corrected chi connectivity index (χ1v) is 8.32. The van der Waals surface area contributed by atoms with Gasteiger partial charge in [-0.15, -0.1) is 10.2 Å². The van der Waals surface area contributed by atoms with Crippen molar-refractivity contribution < 1.29 is 4.74 Å². The Hall–Kier alpha value is -2.53. The minimum Gasteiger partial charge on any atom is -0.381 e. The maximum absolute atomic E-state index is 5.59. The topological polar surface area (TPSA) is 52.8 Å². The first-order valence-electron chi connectivity index (χ1n) is 8.32. The molecule has 1 saturated heterocycles. The molecule has 0 amide bonds. The summed E-state index contributed by atoms with van der Waals surface area (Å²) in [5.74, 6) is 0.799. The van der Waals surface area contributed by atoms with Crippen molar-refractivity contribution in [1.82, 2.24) is 20.2 Å². The van der Waals surface area contributed by atoms with E-state index in [4.69, 9.17) is 9.84 Å². The lowest BCUT2D eigenvalue weighted by atomic mass is 9.73. The number of ether oxygens (including phenoxy) is 1. The first kappa shape index (κ1) is 15.0. The Morgan fingerprint density at radius 3 is 2.29 bits per heavy atom. The Kier molecular flexibility index (Phi) is 4.09. The summed E-state index contributed by atoms with van der Waals surface area (Å²) in [4.78, 5) is 1.69. The van der Waals surface area contributed by atoms with E-state index in [1.54, 1.807) is 4.80 Å². The summed E-state index contributed by atoms with van der Waals surface area (Å²) in [6.07, 6.45) is 1.77. The average molecular weight is 320 g/mol. The van der Waals surface area contributed by atoms with Gasteiger partial charge in [-0.05, 0) is 29.2 Å². The highest BCUT2D eigenvalue weighted by molar-refractivity contribution is 5.32. The van der Waals surface area contributed by atoms with Crippen molar-refractivity contribution in [1.29, 1.82) is 0 Å². The number of tetrazole rings is 1. The predicted octanol–water partition coefficient (Wildman–Crippen LogP) is 2.82. The third-order valence-electron chi connectivity index (χ3n) is 4.72. The summed E-state index contributed by atoms with van der Waals surface area (Å²) in [5, 5.41) is 13.4. The van der Waals surface area contributed by atoms with E-state index in [0.717, 1.165) is 31.9 Å². The second-order valence-corrected chi connectivity index (χ2v) is 6.19. The van der Waals surface area contributed by atoms with Crippen LogP contribution in [0.15, 0.2) is 60.7 Å². The molecule has 2 heterocycles. The molecule has 0 radical (unpaired) electrons. The van der Waals surface area contributed by atoms with Crippen molar-refractivity contribution in [3.8, 4) is 0 Å². The van der Waals surface area contributed by atoms with Crippen molar-refractivity contribution in [3.63, 3.8) is 0 Å². The molecule has 0 saturated carbocycles. The van der Waals surface area contributed by atoms with Gasteiger partial charge in [-0.25, -0.2) is 0 Å². The third kappa shape index (κ3) is 2.83. The van der Waals surface area contributed by atoms with Gasteiger partial charge in [0.15, 0.2) is 5.82 Å². The molecule has 0 aliphatic carbocycles. The SMILES string of the molecule is c1ccc(Cn2nnc(C3(c4ccccc4)CCOCC3)n2)cc1. The third-order valence-corrected chi connectivity index (χ3v) is 4.72. The Morgan fingerprint density at radius 2 is 1.58 bits per heavy atom. The summed E-state index contributed by atoms with van der Waals surface area (Å²) in [5.41, 5.74) is 2.21. The molecule has 4 rings (SSSR count). The van der Waals surface area contributed by atoms with Crippen LogP contribution in [0.3, 0.4) is 0 Å². The largest absolute Gasteiger partial charge is 0.381 e. The molecule has 1 aliphatic heterocycles. The van der Waals surface area contributed by atoms with Gasteiger partial charge in [0.1, 0.15) is 0 Å². The van der Waals surface area contributed by atoms with Crippen molar-refractivity contribution in [2.75, 3.05) is 13.2 Å². The summed E-state index contributed by atoms with van der Waals surface area (Å²) in [6.45, 7) is 2.08. The molecule has 0 spiro atoms. The minimum atomic E-state index is -0.200. The van der Waals surface area contributed by atoms with Gasteiger partial charge in [0.2, 0.25) is 0 Å². The van der Waals surface area contributed by atoms with Crippen LogP contribution in [0.1, 0.15) is 29.8 Å². The lowest BCUT2D eigenvalue weighted by molar-refractivity contribution is 0.0603. The van der Waals surface area contributed by atoms with Crippen LogP contribution >= 0.6 is 0 Å². The number of hydrogen-bond acceptors (Lipinski definition) is 4. The Morgan fingerprint density at radius 1 is 0.917 bits per heavy atom. The highest BCUT2D eigenvalue weighted by Gasteiger charge is 2.40. The van der Waals surface area contributed by atoms with Crippen molar-refractivity contribution in [3.05, 3.63) is 77.6 Å². The van der Waals surface area contributed by atoms with Crippen LogP contribution in [-0.4, -0.2) is 33.4 Å². The van der Waals surface area contributed by atoms with E-state index in [0.29, 0.717) is 6.54 Å². The van der Waals surface area contributed by atoms with Crippen molar-refractivity contribution in [2.24, 2.45) is 0 Å². The number of aromatic nitrogens is 4. The number of hydrogen-bond donors (Lipinski definition) is 0. The molecule has 122 valence electrons. The molecule has 0 unspecified atom stereocenters. The van der Waals surface area contributed by atoms with Crippen molar-refractivity contribution >= 4 is 0 Å². The Balaban J connectivity index is 1.67. The fourth-order valence-electron chi connectivity index (χ4n) is 3.37. The zero-order valence-electron chi connectivity index (χ0n) is 13.5. The van der Waals surface area contributed by atoms with E-state index < -0.39 is 0 Å². The van der Waals surface area contributed by atoms with E-state index in [2.05, 4.69) is 46.7 Å². The van der Waals surface area contributed by atoms with Crippen LogP contribution in [0.4, 0.5) is 0 Å². The molecule has 5 heteroatoms. The predicted molar refractivity (Wildman–Crippen MR) is 90.6 cm³/mol. The fourth-order valence-corrected chi connectivity index (χ4v) is 3.37. The van der Waals surface area contributed by atoms with Crippen LogP contribution < -0.4 is 0 Å². The molecule has 0 atom stereocenters. The molecule has 1 aliphatic rings. The monoisotopic (exact) mass is 320 g/mol. The molecule has 0 N–H and O–H groups in total. The molecule has 1 fully saturated rings. The summed E-state index contributed by atoms with van der Waals surface area (Å²) in [7, 11) is 0. The minimum absolute atomic E-state index is 0.200. The highest BCUT2D eigenvalue weighted by atomic mass is 16.5. The van der Waals surface area contributed by atoms with Gasteiger partial charge < -0.3 is 4.74 Å². The average Bonchev–Trinajstić information content (AvgIpc) is 3.13. The second-order valence-electron chi connectivity index (χ2n) is 6.19. The number of nitrogens with zero attached hydrogens (tertiary/aromatic N) is 4. The lowest BCUT2D eigenvalue weighted by Gasteiger charge is -2.34. The van der Waals surface area contributed by atoms with Gasteiger partial charge in [-0.2, -0.15) is 4.80 Å². The quantitative estimate of drug-likeness (QED) is 0.742. The van der Waals surface area contributed by atoms with Gasteiger partial charge in [0.25, 0.3) is 0 Å². The van der Waals surface area contributed by atoms with E-state index in [9.17, 15) is 0 Å². The molecule has 5 nitrogen and oxygen atoms in total. The standard InChI is InChI=1S/C19H20N4O/c1-3-7-16(8-4-1)15-23-21-18(20-22-23)19(11-13-24-14-12-19)17-9-5-2-6-10-17/h1-10H,11-15H2. The molecule has 24 heavy (non-hydrogen) atoms. The van der Waals surface area contributed by atoms with E-state index in [-0.39, 0.29) is 5.41 Å². The molecular formula is C19H20N4O. The molecule has 0 bridgehead atoms. The molecule has 2 aromatic carbocycles. The van der Waals surface area contributed by atoms with E-state index in [1.807, 2.05) is 24.3 Å². The molecule has 1 aromatic heterocycles. The fraction of sp³-hybridized carbons (Fsp3) is 0.316. The summed E-state index contributed by atoms with van der Waals surface area (Å²) < 4.78 is 5.59. The molecular weight excluding hydrogens is 300 g/mol. The first-order chi connectivity index (χ1) is 11.9. The zero-order chi connectivity index (χ0) is 16.2. The summed E-state index contributed by atoms with van der Waals surface area (Å²) >= 11 is 0. The normalized spacial score (nSPS) is 16.8. The number of rotatable bonds is 4. The van der Waals surface area contributed by atoms with Crippen LogP contribution in [-0.2, 0) is 16.7 Å². The highest BCUT2D eigenvalue weighted by Crippen LogP contribution is 2.39. The van der Waals surface area contributed by atoms with Crippen molar-refractivity contribution in [2.45, 2.75) is 24.8 Å². The van der Waals surface area contributed by atoms with Gasteiger partial charge in [-0.3, -0.25) is 0 Å². The van der Waals surface area contributed by atoms with E-state index >= 15 is 0 Å². The van der Waals surface area contributed by atoms with Gasteiger partial charge in [0.05, 0.1) is 12.0 Å². The molecule has 3 aromatic rings. The van der Waals surface area contributed by atoms with Crippen LogP contribution in [0.5, 0.6) is 0 Å². The van der Waals surface area contributed by atoms with Gasteiger partial charge in [-0.1, -0.05) is 60.7 Å². The smallest absolute Gasteiger partial charge is 0.185 e. The summed E-state index contributed by atoms with van der Waals surface area (Å²) in [6, 6.07) is 20.7. The Bertz CT molecular complexity index is 779. The maximum atomic E-state index is 5.59. The van der Waals surface area contributed by atoms with E-state index in [1.165, 1.54) is 11.1 Å². The van der Waals surface area contributed by atoms with Gasteiger partial charge in [0, 0.05) is 13.2 Å². The maximum Gasteiger partial charge on any atom is 0.185 e. The van der Waals surface area contributed by atoms with Gasteiger partial charge >= 0.3 is 0 Å². The zero-order valence-corrected chi connectivity index (χ0v) is 13.5. The van der Waals surface area contributed by atoms with Crippen LogP contribution in [0.2, 0.25) is 0 Å². The lowest BCUT2D eigenvalue weighted by Crippen LogP contribution is -2.36. The number of benzene rings is 2.